The monoisotopic (exact) mass is 235 g/mol. The lowest BCUT2D eigenvalue weighted by atomic mass is 10.3. The Morgan fingerprint density at radius 2 is 2.29 bits per heavy atom. The van der Waals surface area contributed by atoms with E-state index in [9.17, 15) is 9.18 Å². The third kappa shape index (κ3) is 1.67. The number of aromatic nitrogens is 1. The number of furan rings is 1. The number of nitrogens with zero attached hydrogens (tertiary/aromatic N) is 1. The maximum Gasteiger partial charge on any atom is 0.359 e. The van der Waals surface area contributed by atoms with Crippen molar-refractivity contribution in [2.45, 2.75) is 18.8 Å². The summed E-state index contributed by atoms with van der Waals surface area (Å²) in [7, 11) is 1.19. The first-order chi connectivity index (χ1) is 8.19. The van der Waals surface area contributed by atoms with Crippen LogP contribution >= 0.6 is 0 Å². The number of carbonyl (C=O) groups is 1. The van der Waals surface area contributed by atoms with E-state index in [4.69, 9.17) is 4.42 Å². The van der Waals surface area contributed by atoms with Crippen LogP contribution in [0.5, 0.6) is 0 Å². The maximum absolute atomic E-state index is 13.6. The normalized spacial score (nSPS) is 15.2. The molecule has 0 saturated heterocycles. The average molecular weight is 235 g/mol. The summed E-state index contributed by atoms with van der Waals surface area (Å²) in [5.41, 5.74) is 0.564. The molecule has 0 aliphatic heterocycles. The third-order valence-electron chi connectivity index (χ3n) is 2.83. The standard InChI is InChI=1S/C12H10FNO3/c1-16-12(15)11-7(13)4-10-8(14-11)5-9(17-10)6-2-3-6/h4-6H,2-3H2,1H3. The van der Waals surface area contributed by atoms with E-state index in [2.05, 4.69) is 9.72 Å². The molecule has 4 nitrogen and oxygen atoms in total. The van der Waals surface area contributed by atoms with Crippen molar-refractivity contribution in [1.82, 2.24) is 4.98 Å². The van der Waals surface area contributed by atoms with Crippen molar-refractivity contribution in [2.75, 3.05) is 7.11 Å². The van der Waals surface area contributed by atoms with Gasteiger partial charge < -0.3 is 9.15 Å². The van der Waals surface area contributed by atoms with Crippen molar-refractivity contribution >= 4 is 17.1 Å². The molecule has 2 aromatic rings. The van der Waals surface area contributed by atoms with Gasteiger partial charge in [-0.25, -0.2) is 14.2 Å². The second-order valence-corrected chi connectivity index (χ2v) is 4.12. The van der Waals surface area contributed by atoms with Crippen LogP contribution in [0.2, 0.25) is 0 Å². The maximum atomic E-state index is 13.6. The number of carbonyl (C=O) groups excluding carboxylic acids is 1. The van der Waals surface area contributed by atoms with Gasteiger partial charge in [0.1, 0.15) is 11.3 Å². The highest BCUT2D eigenvalue weighted by atomic mass is 19.1. The SMILES string of the molecule is COC(=O)c1nc2cc(C3CC3)oc2cc1F. The molecule has 3 rings (SSSR count). The molecule has 0 bridgehead atoms. The van der Waals surface area contributed by atoms with Gasteiger partial charge in [-0.1, -0.05) is 0 Å². The summed E-state index contributed by atoms with van der Waals surface area (Å²) in [6.45, 7) is 0. The molecule has 2 heterocycles. The Hall–Kier alpha value is -1.91. The van der Waals surface area contributed by atoms with Gasteiger partial charge in [0.05, 0.1) is 7.11 Å². The molecular weight excluding hydrogens is 225 g/mol. The van der Waals surface area contributed by atoms with E-state index in [0.29, 0.717) is 17.0 Å². The second-order valence-electron chi connectivity index (χ2n) is 4.12. The fraction of sp³-hybridized carbons (Fsp3) is 0.333. The molecule has 1 aliphatic rings. The van der Waals surface area contributed by atoms with Crippen LogP contribution in [0.25, 0.3) is 11.1 Å². The molecule has 5 heteroatoms. The number of methoxy groups -OCH3 is 1. The first kappa shape index (κ1) is 10.3. The van der Waals surface area contributed by atoms with Crippen LogP contribution in [0.1, 0.15) is 35.0 Å². The van der Waals surface area contributed by atoms with E-state index in [0.717, 1.165) is 18.6 Å². The smallest absolute Gasteiger partial charge is 0.359 e. The van der Waals surface area contributed by atoms with Crippen molar-refractivity contribution in [3.8, 4) is 0 Å². The quantitative estimate of drug-likeness (QED) is 0.751. The lowest BCUT2D eigenvalue weighted by molar-refractivity contribution is 0.0589. The average Bonchev–Trinajstić information content (AvgIpc) is 3.08. The molecule has 1 aliphatic carbocycles. The van der Waals surface area contributed by atoms with Gasteiger partial charge in [-0.15, -0.1) is 0 Å². The summed E-state index contributed by atoms with van der Waals surface area (Å²) < 4.78 is 23.5. The largest absolute Gasteiger partial charge is 0.464 e. The number of esters is 1. The lowest BCUT2D eigenvalue weighted by Gasteiger charge is -1.99. The van der Waals surface area contributed by atoms with Crippen LogP contribution in [0, 0.1) is 5.82 Å². The Morgan fingerprint density at radius 3 is 2.94 bits per heavy atom. The van der Waals surface area contributed by atoms with Gasteiger partial charge in [-0.3, -0.25) is 0 Å². The molecule has 0 aromatic carbocycles. The first-order valence-corrected chi connectivity index (χ1v) is 5.37. The zero-order valence-corrected chi connectivity index (χ0v) is 9.20. The zero-order chi connectivity index (χ0) is 12.0. The minimum Gasteiger partial charge on any atom is -0.464 e. The van der Waals surface area contributed by atoms with Crippen molar-refractivity contribution in [1.29, 1.82) is 0 Å². The Labute approximate surface area is 96.4 Å². The van der Waals surface area contributed by atoms with E-state index in [1.54, 1.807) is 6.07 Å². The number of pyridine rings is 1. The summed E-state index contributed by atoms with van der Waals surface area (Å²) in [5.74, 6) is -0.262. The lowest BCUT2D eigenvalue weighted by Crippen LogP contribution is -2.07. The summed E-state index contributed by atoms with van der Waals surface area (Å²) in [5, 5.41) is 0. The summed E-state index contributed by atoms with van der Waals surface area (Å²) >= 11 is 0. The van der Waals surface area contributed by atoms with Gasteiger partial charge in [0, 0.05) is 18.1 Å². The number of hydrogen-bond acceptors (Lipinski definition) is 4. The Balaban J connectivity index is 2.13. The molecule has 0 atom stereocenters. The highest BCUT2D eigenvalue weighted by molar-refractivity contribution is 5.90. The summed E-state index contributed by atoms with van der Waals surface area (Å²) in [4.78, 5) is 15.2. The van der Waals surface area contributed by atoms with Gasteiger partial charge in [0.25, 0.3) is 0 Å². The number of fused-ring (bicyclic) bond motifs is 1. The minimum atomic E-state index is -0.779. The topological polar surface area (TPSA) is 52.3 Å². The van der Waals surface area contributed by atoms with E-state index >= 15 is 0 Å². The van der Waals surface area contributed by atoms with Crippen LogP contribution in [-0.2, 0) is 4.74 Å². The molecule has 0 amide bonds. The molecular formula is C12H10FNO3. The summed E-state index contributed by atoms with van der Waals surface area (Å²) in [6.07, 6.45) is 2.18. The number of halogens is 1. The Morgan fingerprint density at radius 1 is 1.53 bits per heavy atom. The van der Waals surface area contributed by atoms with Crippen LogP contribution in [0.15, 0.2) is 16.5 Å². The fourth-order valence-electron chi connectivity index (χ4n) is 1.77. The fourth-order valence-corrected chi connectivity index (χ4v) is 1.77. The zero-order valence-electron chi connectivity index (χ0n) is 9.20. The Bertz CT molecular complexity index is 601. The van der Waals surface area contributed by atoms with Crippen molar-refractivity contribution in [3.63, 3.8) is 0 Å². The molecule has 0 spiro atoms. The first-order valence-electron chi connectivity index (χ1n) is 5.37. The third-order valence-corrected chi connectivity index (χ3v) is 2.83. The minimum absolute atomic E-state index is 0.303. The second kappa shape index (κ2) is 3.55. The van der Waals surface area contributed by atoms with E-state index < -0.39 is 11.8 Å². The highest BCUT2D eigenvalue weighted by Gasteiger charge is 2.28. The van der Waals surface area contributed by atoms with Crippen LogP contribution in [0.3, 0.4) is 0 Å². The van der Waals surface area contributed by atoms with Crippen molar-refractivity contribution in [2.24, 2.45) is 0 Å². The predicted molar refractivity (Wildman–Crippen MR) is 57.3 cm³/mol. The number of ether oxygens (including phenoxy) is 1. The molecule has 0 N–H and O–H groups in total. The van der Waals surface area contributed by atoms with Crippen LogP contribution in [0.4, 0.5) is 4.39 Å². The molecule has 2 aromatic heterocycles. The van der Waals surface area contributed by atoms with Gasteiger partial charge in [0.15, 0.2) is 17.1 Å². The molecule has 17 heavy (non-hydrogen) atoms. The number of hydrogen-bond donors (Lipinski definition) is 0. The van der Waals surface area contributed by atoms with Gasteiger partial charge in [-0.05, 0) is 12.8 Å². The molecule has 1 saturated carbocycles. The van der Waals surface area contributed by atoms with Crippen LogP contribution < -0.4 is 0 Å². The molecule has 0 unspecified atom stereocenters. The van der Waals surface area contributed by atoms with Crippen molar-refractivity contribution in [3.05, 3.63) is 29.4 Å². The Kier molecular flexibility index (Phi) is 2.14. The molecule has 1 fully saturated rings. The number of rotatable bonds is 2. The van der Waals surface area contributed by atoms with E-state index in [1.807, 2.05) is 0 Å². The molecule has 0 radical (unpaired) electrons. The van der Waals surface area contributed by atoms with Gasteiger partial charge >= 0.3 is 5.97 Å². The summed E-state index contributed by atoms with van der Waals surface area (Å²) in [6, 6.07) is 2.94. The van der Waals surface area contributed by atoms with E-state index in [-0.39, 0.29) is 5.69 Å². The van der Waals surface area contributed by atoms with E-state index in [1.165, 1.54) is 13.2 Å². The molecule has 88 valence electrons. The van der Waals surface area contributed by atoms with Gasteiger partial charge in [-0.2, -0.15) is 0 Å². The highest BCUT2D eigenvalue weighted by Crippen LogP contribution is 2.42. The van der Waals surface area contributed by atoms with Gasteiger partial charge in [0.2, 0.25) is 0 Å². The van der Waals surface area contributed by atoms with Crippen molar-refractivity contribution < 1.29 is 18.3 Å². The van der Waals surface area contributed by atoms with Crippen LogP contribution in [-0.4, -0.2) is 18.1 Å². The predicted octanol–water partition coefficient (Wildman–Crippen LogP) is 2.63.